The van der Waals surface area contributed by atoms with Crippen LogP contribution in [0.5, 0.6) is 5.75 Å². The Kier molecular flexibility index (Phi) is 6.74. The zero-order valence-electron chi connectivity index (χ0n) is 13.2. The van der Waals surface area contributed by atoms with Crippen LogP contribution < -0.4 is 10.1 Å². The zero-order chi connectivity index (χ0) is 17.4. The first-order valence-corrected chi connectivity index (χ1v) is 8.78. The van der Waals surface area contributed by atoms with Gasteiger partial charge in [0.2, 0.25) is 0 Å². The van der Waals surface area contributed by atoms with Gasteiger partial charge >= 0.3 is 5.97 Å². The molecule has 0 saturated heterocycles. The lowest BCUT2D eigenvalue weighted by Gasteiger charge is -2.12. The van der Waals surface area contributed by atoms with E-state index in [-0.39, 0.29) is 12.4 Å². The van der Waals surface area contributed by atoms with E-state index in [9.17, 15) is 9.59 Å². The minimum Gasteiger partial charge on any atom is -0.486 e. The lowest BCUT2D eigenvalue weighted by molar-refractivity contribution is -0.139. The van der Waals surface area contributed by atoms with E-state index in [1.54, 1.807) is 6.07 Å². The Hall–Kier alpha value is -2.41. The molecule has 24 heavy (non-hydrogen) atoms. The van der Waals surface area contributed by atoms with Crippen LogP contribution in [0.4, 0.5) is 0 Å². The molecule has 1 amide bonds. The zero-order valence-corrected chi connectivity index (χ0v) is 14.0. The van der Waals surface area contributed by atoms with Crippen LogP contribution in [0.2, 0.25) is 0 Å². The first-order valence-electron chi connectivity index (χ1n) is 7.39. The van der Waals surface area contributed by atoms with Gasteiger partial charge in [-0.05, 0) is 42.7 Å². The van der Waals surface area contributed by atoms with E-state index < -0.39 is 17.9 Å². The highest BCUT2D eigenvalue weighted by Crippen LogP contribution is 2.14. The summed E-state index contributed by atoms with van der Waals surface area (Å²) >= 11 is 1.52. The number of nitrogens with one attached hydrogen (secondary N) is 1. The van der Waals surface area contributed by atoms with Crippen molar-refractivity contribution in [3.63, 3.8) is 0 Å². The molecule has 2 aromatic rings. The Morgan fingerprint density at radius 1 is 1.25 bits per heavy atom. The third kappa shape index (κ3) is 5.34. The van der Waals surface area contributed by atoms with Crippen LogP contribution in [-0.4, -0.2) is 35.0 Å². The summed E-state index contributed by atoms with van der Waals surface area (Å²) in [5.74, 6) is 0.289. The maximum absolute atomic E-state index is 12.1. The molecule has 0 saturated carbocycles. The van der Waals surface area contributed by atoms with Gasteiger partial charge < -0.3 is 19.6 Å². The predicted octanol–water partition coefficient (Wildman–Crippen LogP) is 2.79. The van der Waals surface area contributed by atoms with Crippen LogP contribution in [0, 0.1) is 0 Å². The van der Waals surface area contributed by atoms with E-state index in [0.29, 0.717) is 23.7 Å². The quantitative estimate of drug-likeness (QED) is 0.724. The number of rotatable bonds is 9. The molecule has 128 valence electrons. The number of ether oxygens (including phenoxy) is 1. The molecule has 2 N–H and O–H groups in total. The minimum atomic E-state index is -1.06. The molecule has 0 fully saturated rings. The van der Waals surface area contributed by atoms with Gasteiger partial charge in [0.25, 0.3) is 5.91 Å². The summed E-state index contributed by atoms with van der Waals surface area (Å²) in [6.07, 6.45) is 2.24. The molecule has 0 aliphatic carbocycles. The first kappa shape index (κ1) is 17.9. The summed E-state index contributed by atoms with van der Waals surface area (Å²) in [6, 6.07) is 11.5. The molecule has 0 bridgehead atoms. The average Bonchev–Trinajstić information content (AvgIpc) is 3.06. The normalized spacial score (nSPS) is 11.7. The van der Waals surface area contributed by atoms with Crippen molar-refractivity contribution in [1.29, 1.82) is 0 Å². The molecular formula is C17H19NO5S. The summed E-state index contributed by atoms with van der Waals surface area (Å²) in [5.41, 5.74) is 0. The number of benzene rings is 1. The molecule has 1 heterocycles. The van der Waals surface area contributed by atoms with E-state index in [1.807, 2.05) is 36.6 Å². The Bertz CT molecular complexity index is 671. The van der Waals surface area contributed by atoms with Gasteiger partial charge in [-0.3, -0.25) is 4.79 Å². The topological polar surface area (TPSA) is 88.8 Å². The van der Waals surface area contributed by atoms with Crippen molar-refractivity contribution < 1.29 is 23.8 Å². The number of furan rings is 1. The molecule has 0 aliphatic rings. The third-order valence-corrected chi connectivity index (χ3v) is 3.87. The summed E-state index contributed by atoms with van der Waals surface area (Å²) in [7, 11) is 0. The third-order valence-electron chi connectivity index (χ3n) is 3.22. The Morgan fingerprint density at radius 3 is 2.67 bits per heavy atom. The average molecular weight is 349 g/mol. The second-order valence-electron chi connectivity index (χ2n) is 5.01. The van der Waals surface area contributed by atoms with Gasteiger partial charge in [0, 0.05) is 0 Å². The lowest BCUT2D eigenvalue weighted by Crippen LogP contribution is -2.41. The summed E-state index contributed by atoms with van der Waals surface area (Å²) in [5, 5.41) is 11.6. The van der Waals surface area contributed by atoms with Crippen molar-refractivity contribution in [2.75, 3.05) is 12.0 Å². The SMILES string of the molecule is CSCC[C@H](NC(=O)c1ccc(COc2ccccc2)o1)C(=O)O. The molecule has 6 nitrogen and oxygen atoms in total. The van der Waals surface area contributed by atoms with Gasteiger partial charge in [0.1, 0.15) is 24.2 Å². The number of hydrogen-bond acceptors (Lipinski definition) is 5. The molecule has 0 unspecified atom stereocenters. The number of carbonyl (C=O) groups excluding carboxylic acids is 1. The van der Waals surface area contributed by atoms with E-state index in [4.69, 9.17) is 14.3 Å². The van der Waals surface area contributed by atoms with E-state index >= 15 is 0 Å². The summed E-state index contributed by atoms with van der Waals surface area (Å²) in [6.45, 7) is 0.187. The Balaban J connectivity index is 1.91. The van der Waals surface area contributed by atoms with Gasteiger partial charge in [0.15, 0.2) is 5.76 Å². The second kappa shape index (κ2) is 9.02. The van der Waals surface area contributed by atoms with Crippen LogP contribution in [0.1, 0.15) is 22.7 Å². The summed E-state index contributed by atoms with van der Waals surface area (Å²) < 4.78 is 11.0. The second-order valence-corrected chi connectivity index (χ2v) is 6.00. The fraction of sp³-hybridized carbons (Fsp3) is 0.294. The smallest absolute Gasteiger partial charge is 0.326 e. The maximum atomic E-state index is 12.1. The lowest BCUT2D eigenvalue weighted by atomic mass is 10.2. The van der Waals surface area contributed by atoms with E-state index in [1.165, 1.54) is 17.8 Å². The van der Waals surface area contributed by atoms with Crippen LogP contribution in [-0.2, 0) is 11.4 Å². The number of aliphatic carboxylic acids is 1. The standard InChI is InChI=1S/C17H19NO5S/c1-24-10-9-14(17(20)21)18-16(19)15-8-7-13(23-15)11-22-12-5-3-2-4-6-12/h2-8,14H,9-11H2,1H3,(H,18,19)(H,20,21)/t14-/m0/s1. The van der Waals surface area contributed by atoms with E-state index in [0.717, 1.165) is 0 Å². The summed E-state index contributed by atoms with van der Waals surface area (Å²) in [4.78, 5) is 23.3. The van der Waals surface area contributed by atoms with Crippen molar-refractivity contribution >= 4 is 23.6 Å². The van der Waals surface area contributed by atoms with Crippen LogP contribution in [0.15, 0.2) is 46.9 Å². The number of carboxylic acid groups (broad SMARTS) is 1. The molecule has 7 heteroatoms. The van der Waals surface area contributed by atoms with E-state index in [2.05, 4.69) is 5.32 Å². The van der Waals surface area contributed by atoms with Crippen molar-refractivity contribution in [3.05, 3.63) is 54.0 Å². The molecule has 2 rings (SSSR count). The van der Waals surface area contributed by atoms with Crippen molar-refractivity contribution in [3.8, 4) is 5.75 Å². The van der Waals surface area contributed by atoms with Gasteiger partial charge in [-0.25, -0.2) is 4.79 Å². The number of carboxylic acids is 1. The predicted molar refractivity (Wildman–Crippen MR) is 91.4 cm³/mol. The maximum Gasteiger partial charge on any atom is 0.326 e. The molecular weight excluding hydrogens is 330 g/mol. The molecule has 1 aromatic carbocycles. The number of thioether (sulfide) groups is 1. The fourth-order valence-corrected chi connectivity index (χ4v) is 2.44. The van der Waals surface area contributed by atoms with Gasteiger partial charge in [-0.2, -0.15) is 11.8 Å². The van der Waals surface area contributed by atoms with Crippen molar-refractivity contribution in [1.82, 2.24) is 5.32 Å². The minimum absolute atomic E-state index is 0.0667. The van der Waals surface area contributed by atoms with Gasteiger partial charge in [-0.1, -0.05) is 18.2 Å². The Labute approximate surface area is 144 Å². The molecule has 1 atom stereocenters. The highest BCUT2D eigenvalue weighted by Gasteiger charge is 2.22. The van der Waals surface area contributed by atoms with Crippen LogP contribution >= 0.6 is 11.8 Å². The number of amides is 1. The number of carbonyl (C=O) groups is 2. The first-order chi connectivity index (χ1) is 11.6. The highest BCUT2D eigenvalue weighted by molar-refractivity contribution is 7.98. The fourth-order valence-electron chi connectivity index (χ4n) is 1.97. The molecule has 1 aromatic heterocycles. The largest absolute Gasteiger partial charge is 0.486 e. The van der Waals surface area contributed by atoms with Crippen molar-refractivity contribution in [2.24, 2.45) is 0 Å². The van der Waals surface area contributed by atoms with Crippen LogP contribution in [0.3, 0.4) is 0 Å². The highest BCUT2D eigenvalue weighted by atomic mass is 32.2. The molecule has 0 radical (unpaired) electrons. The van der Waals surface area contributed by atoms with Gasteiger partial charge in [-0.15, -0.1) is 0 Å². The molecule has 0 aliphatic heterocycles. The molecule has 0 spiro atoms. The van der Waals surface area contributed by atoms with Crippen LogP contribution in [0.25, 0.3) is 0 Å². The van der Waals surface area contributed by atoms with Gasteiger partial charge in [0.05, 0.1) is 0 Å². The Morgan fingerprint density at radius 2 is 2.00 bits per heavy atom. The van der Waals surface area contributed by atoms with Crippen molar-refractivity contribution in [2.45, 2.75) is 19.1 Å². The monoisotopic (exact) mass is 349 g/mol. The number of hydrogen-bond donors (Lipinski definition) is 2. The number of para-hydroxylation sites is 1.